The first-order valence-corrected chi connectivity index (χ1v) is 9.34. The maximum absolute atomic E-state index is 11.7. The summed E-state index contributed by atoms with van der Waals surface area (Å²) in [7, 11) is -3.08. The Hall–Kier alpha value is -0.700. The molecule has 124 valence electrons. The number of nitrogens with one attached hydrogen (secondary N) is 2. The molecule has 1 rings (SSSR count). The van der Waals surface area contributed by atoms with Gasteiger partial charge in [-0.25, -0.2) is 13.1 Å². The zero-order valence-electron chi connectivity index (χ0n) is 13.3. The van der Waals surface area contributed by atoms with Crippen LogP contribution in [0.3, 0.4) is 0 Å². The molecule has 7 nitrogen and oxygen atoms in total. The molecule has 8 heteroatoms. The Labute approximate surface area is 128 Å². The highest BCUT2D eigenvalue weighted by Gasteiger charge is 2.18. The molecule has 1 aliphatic heterocycles. The Kier molecular flexibility index (Phi) is 7.58. The first kappa shape index (κ1) is 18.3. The predicted molar refractivity (Wildman–Crippen MR) is 83.6 cm³/mol. The van der Waals surface area contributed by atoms with Crippen LogP contribution in [0.1, 0.15) is 20.3 Å². The van der Waals surface area contributed by atoms with Gasteiger partial charge in [0.05, 0.1) is 12.8 Å². The molecule has 1 saturated heterocycles. The third-order valence-electron chi connectivity index (χ3n) is 3.30. The lowest BCUT2D eigenvalue weighted by atomic mass is 10.3. The van der Waals surface area contributed by atoms with E-state index in [1.807, 2.05) is 13.8 Å². The van der Waals surface area contributed by atoms with Crippen molar-refractivity contribution in [2.45, 2.75) is 26.3 Å². The van der Waals surface area contributed by atoms with Crippen LogP contribution in [0.4, 0.5) is 0 Å². The molecule has 0 bridgehead atoms. The van der Waals surface area contributed by atoms with Gasteiger partial charge in [0.15, 0.2) is 0 Å². The minimum absolute atomic E-state index is 0.0794. The van der Waals surface area contributed by atoms with Gasteiger partial charge < -0.3 is 10.2 Å². The third-order valence-corrected chi connectivity index (χ3v) is 4.03. The van der Waals surface area contributed by atoms with E-state index in [0.29, 0.717) is 13.1 Å². The van der Waals surface area contributed by atoms with Gasteiger partial charge in [-0.2, -0.15) is 0 Å². The topological polar surface area (TPSA) is 81.8 Å². The number of hydrogen-bond acceptors (Lipinski definition) is 5. The first-order chi connectivity index (χ1) is 9.76. The van der Waals surface area contributed by atoms with E-state index < -0.39 is 10.0 Å². The molecular formula is C13H28N4O3S. The van der Waals surface area contributed by atoms with Gasteiger partial charge in [-0.3, -0.25) is 9.69 Å². The predicted octanol–water partition coefficient (Wildman–Crippen LogP) is -0.932. The van der Waals surface area contributed by atoms with Crippen molar-refractivity contribution >= 4 is 15.9 Å². The van der Waals surface area contributed by atoms with E-state index in [1.165, 1.54) is 6.26 Å². The highest BCUT2D eigenvalue weighted by Crippen LogP contribution is 2.02. The summed E-state index contributed by atoms with van der Waals surface area (Å²) in [6.07, 6.45) is 1.98. The van der Waals surface area contributed by atoms with Gasteiger partial charge in [-0.15, -0.1) is 0 Å². The van der Waals surface area contributed by atoms with Crippen molar-refractivity contribution < 1.29 is 13.2 Å². The number of amides is 1. The van der Waals surface area contributed by atoms with Gasteiger partial charge in [0.25, 0.3) is 0 Å². The van der Waals surface area contributed by atoms with E-state index in [-0.39, 0.29) is 11.9 Å². The van der Waals surface area contributed by atoms with Crippen molar-refractivity contribution in [1.29, 1.82) is 0 Å². The number of carbonyl (C=O) groups excluding carboxylic acids is 1. The zero-order valence-corrected chi connectivity index (χ0v) is 14.1. The number of piperazine rings is 1. The average Bonchev–Trinajstić information content (AvgIpc) is 2.34. The first-order valence-electron chi connectivity index (χ1n) is 7.45. The van der Waals surface area contributed by atoms with Gasteiger partial charge in [0.1, 0.15) is 0 Å². The quantitative estimate of drug-likeness (QED) is 0.565. The molecule has 0 saturated carbocycles. The fourth-order valence-electron chi connectivity index (χ4n) is 2.30. The number of hydrogen-bond donors (Lipinski definition) is 2. The number of nitrogens with zero attached hydrogens (tertiary/aromatic N) is 2. The van der Waals surface area contributed by atoms with Crippen LogP contribution in [-0.2, 0) is 14.8 Å². The second kappa shape index (κ2) is 8.67. The molecule has 1 amide bonds. The number of carbonyl (C=O) groups is 1. The molecule has 0 aromatic heterocycles. The van der Waals surface area contributed by atoms with E-state index in [2.05, 4.69) is 19.8 Å². The van der Waals surface area contributed by atoms with E-state index in [4.69, 9.17) is 0 Å². The lowest BCUT2D eigenvalue weighted by molar-refractivity contribution is -0.123. The molecule has 0 aliphatic carbocycles. The third kappa shape index (κ3) is 9.02. The van der Waals surface area contributed by atoms with Crippen LogP contribution in [0.2, 0.25) is 0 Å². The summed E-state index contributed by atoms with van der Waals surface area (Å²) in [5.41, 5.74) is 0. The maximum Gasteiger partial charge on any atom is 0.234 e. The van der Waals surface area contributed by atoms with Crippen molar-refractivity contribution in [2.75, 3.05) is 52.1 Å². The summed E-state index contributed by atoms with van der Waals surface area (Å²) in [6, 6.07) is 0.182. The standard InChI is InChI=1S/C13H28N4O3S/c1-12(2)15-13(18)11-17-9-7-16(8-10-17)6-4-5-14-21(3,19)20/h12,14H,4-11H2,1-3H3,(H,15,18). The second-order valence-electron chi connectivity index (χ2n) is 5.86. The van der Waals surface area contributed by atoms with Gasteiger partial charge >= 0.3 is 0 Å². The minimum atomic E-state index is -3.08. The molecular weight excluding hydrogens is 292 g/mol. The molecule has 2 N–H and O–H groups in total. The Morgan fingerprint density at radius 2 is 1.71 bits per heavy atom. The largest absolute Gasteiger partial charge is 0.353 e. The lowest BCUT2D eigenvalue weighted by Gasteiger charge is -2.34. The van der Waals surface area contributed by atoms with Crippen molar-refractivity contribution in [3.05, 3.63) is 0 Å². The summed E-state index contributed by atoms with van der Waals surface area (Å²) < 4.78 is 24.4. The minimum Gasteiger partial charge on any atom is -0.353 e. The zero-order chi connectivity index (χ0) is 15.9. The smallest absolute Gasteiger partial charge is 0.234 e. The molecule has 0 aromatic rings. The van der Waals surface area contributed by atoms with Crippen molar-refractivity contribution in [2.24, 2.45) is 0 Å². The molecule has 0 atom stereocenters. The highest BCUT2D eigenvalue weighted by molar-refractivity contribution is 7.88. The van der Waals surface area contributed by atoms with Crippen molar-refractivity contribution in [3.8, 4) is 0 Å². The Bertz CT molecular complexity index is 417. The summed E-state index contributed by atoms with van der Waals surface area (Å²) in [5, 5.41) is 2.90. The van der Waals surface area contributed by atoms with Crippen LogP contribution < -0.4 is 10.0 Å². The van der Waals surface area contributed by atoms with Gasteiger partial charge in [0.2, 0.25) is 15.9 Å². The molecule has 0 unspecified atom stereocenters. The lowest BCUT2D eigenvalue weighted by Crippen LogP contribution is -2.50. The molecule has 1 heterocycles. The molecule has 1 aliphatic rings. The van der Waals surface area contributed by atoms with Crippen LogP contribution >= 0.6 is 0 Å². The van der Waals surface area contributed by atoms with Crippen LogP contribution in [0.15, 0.2) is 0 Å². The molecule has 0 aromatic carbocycles. The van der Waals surface area contributed by atoms with Crippen LogP contribution in [-0.4, -0.2) is 82.2 Å². The van der Waals surface area contributed by atoms with Crippen molar-refractivity contribution in [1.82, 2.24) is 19.8 Å². The van der Waals surface area contributed by atoms with Crippen LogP contribution in [0.25, 0.3) is 0 Å². The summed E-state index contributed by atoms with van der Waals surface area (Å²) >= 11 is 0. The summed E-state index contributed by atoms with van der Waals surface area (Å²) in [4.78, 5) is 16.1. The van der Waals surface area contributed by atoms with Gasteiger partial charge in [0, 0.05) is 38.8 Å². The maximum atomic E-state index is 11.7. The molecule has 1 fully saturated rings. The normalized spacial score (nSPS) is 18.1. The summed E-state index contributed by atoms with van der Waals surface area (Å²) in [5.74, 6) is 0.0794. The molecule has 0 spiro atoms. The SMILES string of the molecule is CC(C)NC(=O)CN1CCN(CCCNS(C)(=O)=O)CC1. The van der Waals surface area contributed by atoms with Crippen molar-refractivity contribution in [3.63, 3.8) is 0 Å². The van der Waals surface area contributed by atoms with E-state index in [0.717, 1.165) is 39.1 Å². The molecule has 0 radical (unpaired) electrons. The van der Waals surface area contributed by atoms with Gasteiger partial charge in [-0.05, 0) is 26.8 Å². The van der Waals surface area contributed by atoms with E-state index >= 15 is 0 Å². The molecule has 21 heavy (non-hydrogen) atoms. The number of sulfonamides is 1. The van der Waals surface area contributed by atoms with Crippen LogP contribution in [0.5, 0.6) is 0 Å². The Balaban J connectivity index is 2.13. The van der Waals surface area contributed by atoms with E-state index in [9.17, 15) is 13.2 Å². The highest BCUT2D eigenvalue weighted by atomic mass is 32.2. The second-order valence-corrected chi connectivity index (χ2v) is 7.69. The number of rotatable bonds is 8. The van der Waals surface area contributed by atoms with E-state index in [1.54, 1.807) is 0 Å². The Morgan fingerprint density at radius 1 is 1.14 bits per heavy atom. The van der Waals surface area contributed by atoms with Crippen LogP contribution in [0, 0.1) is 0 Å². The monoisotopic (exact) mass is 320 g/mol. The average molecular weight is 320 g/mol. The fraction of sp³-hybridized carbons (Fsp3) is 0.923. The summed E-state index contributed by atoms with van der Waals surface area (Å²) in [6.45, 7) is 9.35. The Morgan fingerprint density at radius 3 is 2.24 bits per heavy atom. The fourth-order valence-corrected chi connectivity index (χ4v) is 2.82. The van der Waals surface area contributed by atoms with Gasteiger partial charge in [-0.1, -0.05) is 0 Å².